The van der Waals surface area contributed by atoms with Crippen LogP contribution in [0.1, 0.15) is 94.9 Å². The van der Waals surface area contributed by atoms with Gasteiger partial charge in [-0.25, -0.2) is 4.79 Å². The molecule has 0 aromatic rings. The Morgan fingerprint density at radius 2 is 1.65 bits per heavy atom. The van der Waals surface area contributed by atoms with Crippen molar-refractivity contribution in [1.29, 1.82) is 0 Å². The number of esters is 2. The van der Waals surface area contributed by atoms with Crippen molar-refractivity contribution < 1.29 is 52.7 Å². The molecule has 14 atom stereocenters. The maximum atomic E-state index is 14.2. The van der Waals surface area contributed by atoms with Gasteiger partial charge in [0.25, 0.3) is 0 Å². The average Bonchev–Trinajstić information content (AvgIpc) is 3.41. The molecule has 0 radical (unpaired) electrons. The highest BCUT2D eigenvalue weighted by molar-refractivity contribution is 5.85. The van der Waals surface area contributed by atoms with Gasteiger partial charge in [0.05, 0.1) is 36.2 Å². The number of carbonyl (C=O) groups excluding carboxylic acids is 4. The van der Waals surface area contributed by atoms with Crippen molar-refractivity contribution in [3.05, 3.63) is 0 Å². The predicted octanol–water partition coefficient (Wildman–Crippen LogP) is 3.55. The normalized spacial score (nSPS) is 40.8. The molecule has 3 fully saturated rings. The maximum Gasteiger partial charge on any atom is 0.408 e. The lowest BCUT2D eigenvalue weighted by atomic mass is 9.73. The van der Waals surface area contributed by atoms with E-state index in [1.54, 1.807) is 27.7 Å². The summed E-state index contributed by atoms with van der Waals surface area (Å²) in [5, 5.41) is 14.4. The second-order valence-electron chi connectivity index (χ2n) is 15.9. The highest BCUT2D eigenvalue weighted by Crippen LogP contribution is 2.41. The Bertz CT molecular complexity index is 1230. The molecule has 0 aromatic carbocycles. The average molecular weight is 742 g/mol. The van der Waals surface area contributed by atoms with Crippen LogP contribution in [0, 0.1) is 23.7 Å². The Kier molecular flexibility index (Phi) is 15.5. The van der Waals surface area contributed by atoms with E-state index in [-0.39, 0.29) is 37.2 Å². The van der Waals surface area contributed by atoms with Crippen LogP contribution in [-0.4, -0.2) is 140 Å². The van der Waals surface area contributed by atoms with E-state index in [4.69, 9.17) is 28.4 Å². The van der Waals surface area contributed by atoms with E-state index in [0.717, 1.165) is 13.1 Å². The summed E-state index contributed by atoms with van der Waals surface area (Å²) in [5.74, 6) is -4.40. The molecule has 3 rings (SSSR count). The van der Waals surface area contributed by atoms with Crippen LogP contribution in [0.3, 0.4) is 0 Å². The number of aliphatic hydroxyl groups excluding tert-OH is 1. The Morgan fingerprint density at radius 3 is 2.21 bits per heavy atom. The fourth-order valence-corrected chi connectivity index (χ4v) is 8.54. The minimum absolute atomic E-state index is 0.0919. The first-order valence-electron chi connectivity index (χ1n) is 19.1. The number of cyclic esters (lactones) is 1. The van der Waals surface area contributed by atoms with Crippen molar-refractivity contribution in [2.24, 2.45) is 23.7 Å². The third-order valence-corrected chi connectivity index (χ3v) is 11.9. The van der Waals surface area contributed by atoms with E-state index < -0.39 is 89.7 Å². The zero-order valence-corrected chi connectivity index (χ0v) is 33.8. The topological polar surface area (TPSA) is 162 Å². The summed E-state index contributed by atoms with van der Waals surface area (Å²) in [6.07, 6.45) is -4.94. The number of carbonyl (C=O) groups is 4. The van der Waals surface area contributed by atoms with Crippen molar-refractivity contribution in [1.82, 2.24) is 15.1 Å². The number of aliphatic hydroxyl groups is 1. The quantitative estimate of drug-likeness (QED) is 0.234. The van der Waals surface area contributed by atoms with Gasteiger partial charge in [-0.2, -0.15) is 0 Å². The molecule has 3 saturated heterocycles. The number of nitrogens with one attached hydrogen (secondary N) is 1. The molecular weight excluding hydrogens is 674 g/mol. The second-order valence-corrected chi connectivity index (χ2v) is 15.9. The van der Waals surface area contributed by atoms with Crippen LogP contribution < -0.4 is 5.32 Å². The summed E-state index contributed by atoms with van der Waals surface area (Å²) >= 11 is 0. The smallest absolute Gasteiger partial charge is 0.408 e. The number of likely N-dealkylation sites (N-methyl/N-ethyl adjacent to an activating group) is 1. The van der Waals surface area contributed by atoms with Crippen molar-refractivity contribution in [3.8, 4) is 0 Å². The standard InChI is InChI=1S/C38H67N3O11/c1-14-27-38(10)32(39-36(46)52-38)23(6)29(43)21(4)20-37(9,47-13)33(51-35-30(44)26(40(11)12)19-22(5)48-35)24(7)31(25(8)34(45)49-27)50-28(42)17-18-41(15-2)16-3/h21-27,30-33,35,44H,14-20H2,1-13H3,(H,39,46)/t21-,22-,23+,24+,25-,26+,27-,30-,31+,32-,33-,35+,37-,38-/m1/s1. The molecule has 14 nitrogen and oxygen atoms in total. The fourth-order valence-electron chi connectivity index (χ4n) is 8.54. The highest BCUT2D eigenvalue weighted by Gasteiger charge is 2.57. The Balaban J connectivity index is 2.18. The van der Waals surface area contributed by atoms with Gasteiger partial charge in [-0.15, -0.1) is 0 Å². The van der Waals surface area contributed by atoms with Crippen molar-refractivity contribution in [2.45, 2.75) is 155 Å². The molecule has 3 aliphatic heterocycles. The van der Waals surface area contributed by atoms with Crippen LogP contribution >= 0.6 is 0 Å². The van der Waals surface area contributed by atoms with E-state index in [0.29, 0.717) is 13.0 Å². The molecule has 3 heterocycles. The zero-order chi connectivity index (χ0) is 39.3. The van der Waals surface area contributed by atoms with Crippen molar-refractivity contribution >= 4 is 23.8 Å². The number of Topliss-reactive ketones (excluding diaryl/α,β-unsaturated/α-hetero) is 1. The molecule has 0 unspecified atom stereocenters. The largest absolute Gasteiger partial charge is 0.461 e. The molecule has 14 heteroatoms. The summed E-state index contributed by atoms with van der Waals surface area (Å²) in [6, 6.07) is -1.07. The summed E-state index contributed by atoms with van der Waals surface area (Å²) in [6.45, 7) is 20.2. The van der Waals surface area contributed by atoms with Gasteiger partial charge in [0.1, 0.15) is 24.1 Å². The molecule has 0 aromatic heterocycles. The third kappa shape index (κ3) is 9.65. The van der Waals surface area contributed by atoms with Crippen LogP contribution in [0.25, 0.3) is 0 Å². The second kappa shape index (κ2) is 18.3. The van der Waals surface area contributed by atoms with Crippen LogP contribution in [0.2, 0.25) is 0 Å². The number of hydrogen-bond acceptors (Lipinski definition) is 13. The maximum absolute atomic E-state index is 14.2. The number of rotatable bonds is 11. The van der Waals surface area contributed by atoms with E-state index in [1.807, 2.05) is 60.5 Å². The van der Waals surface area contributed by atoms with Gasteiger partial charge in [0, 0.05) is 37.5 Å². The van der Waals surface area contributed by atoms with Gasteiger partial charge in [0.2, 0.25) is 0 Å². The third-order valence-electron chi connectivity index (χ3n) is 11.9. The van der Waals surface area contributed by atoms with E-state index in [2.05, 4.69) is 10.2 Å². The molecule has 2 N–H and O–H groups in total. The lowest BCUT2D eigenvalue weighted by molar-refractivity contribution is -0.301. The Hall–Kier alpha value is -2.36. The monoisotopic (exact) mass is 741 g/mol. The van der Waals surface area contributed by atoms with E-state index in [1.165, 1.54) is 7.11 Å². The van der Waals surface area contributed by atoms with E-state index >= 15 is 0 Å². The number of amides is 1. The van der Waals surface area contributed by atoms with Gasteiger partial charge >= 0.3 is 18.0 Å². The van der Waals surface area contributed by atoms with Gasteiger partial charge in [-0.1, -0.05) is 41.5 Å². The first-order chi connectivity index (χ1) is 24.3. The summed E-state index contributed by atoms with van der Waals surface area (Å²) in [7, 11) is 5.29. The van der Waals surface area contributed by atoms with Crippen molar-refractivity contribution in [3.63, 3.8) is 0 Å². The van der Waals surface area contributed by atoms with Gasteiger partial charge in [-0.05, 0) is 74.1 Å². The molecule has 52 heavy (non-hydrogen) atoms. The van der Waals surface area contributed by atoms with Crippen LogP contribution in [0.5, 0.6) is 0 Å². The van der Waals surface area contributed by atoms with Gasteiger partial charge < -0.3 is 48.6 Å². The summed E-state index contributed by atoms with van der Waals surface area (Å²) in [4.78, 5) is 58.8. The van der Waals surface area contributed by atoms with Gasteiger partial charge in [0.15, 0.2) is 11.9 Å². The van der Waals surface area contributed by atoms with Crippen molar-refractivity contribution in [2.75, 3.05) is 40.8 Å². The van der Waals surface area contributed by atoms with Gasteiger partial charge in [-0.3, -0.25) is 14.4 Å². The fraction of sp³-hybridized carbons (Fsp3) is 0.895. The van der Waals surface area contributed by atoms with Crippen LogP contribution in [0.4, 0.5) is 4.79 Å². The van der Waals surface area contributed by atoms with Crippen LogP contribution in [0.15, 0.2) is 0 Å². The lowest BCUT2D eigenvalue weighted by Crippen LogP contribution is -2.61. The SMILES string of the molecule is CC[C@H]1OC(=O)[C@H](C)[C@@H](OC(=O)CCN(CC)CC)[C@H](C)[C@@H](O[C@@H]2O[C@H](C)C[C@H](N(C)C)[C@H]2O)[C@](C)(OC)C[C@@H](C)C(=O)[C@H](C)[C@H]2NC(=O)O[C@@]21C. The number of hydrogen-bond donors (Lipinski definition) is 2. The number of ketones is 1. The Labute approximate surface area is 310 Å². The number of nitrogens with zero attached hydrogens (tertiary/aromatic N) is 2. The van der Waals surface area contributed by atoms with Crippen LogP contribution in [-0.2, 0) is 42.8 Å². The molecule has 300 valence electrons. The minimum Gasteiger partial charge on any atom is -0.461 e. The molecule has 1 amide bonds. The molecule has 0 bridgehead atoms. The predicted molar refractivity (Wildman–Crippen MR) is 193 cm³/mol. The molecule has 0 spiro atoms. The zero-order valence-electron chi connectivity index (χ0n) is 33.8. The molecular formula is C38H67N3O11. The van der Waals surface area contributed by atoms with E-state index in [9.17, 15) is 24.3 Å². The first-order valence-corrected chi connectivity index (χ1v) is 19.1. The summed E-state index contributed by atoms with van der Waals surface area (Å²) in [5.41, 5.74) is -2.58. The molecule has 0 aliphatic carbocycles. The first kappa shape index (κ1) is 44.0. The summed E-state index contributed by atoms with van der Waals surface area (Å²) < 4.78 is 37.4. The lowest BCUT2D eigenvalue weighted by Gasteiger charge is -2.48. The minimum atomic E-state index is -1.36. The number of fused-ring (bicyclic) bond motifs is 1. The Morgan fingerprint density at radius 1 is 1.02 bits per heavy atom. The molecule has 0 saturated carbocycles. The molecule has 3 aliphatic rings. The number of ether oxygens (including phenoxy) is 6. The number of alkyl carbamates (subject to hydrolysis) is 1. The highest BCUT2D eigenvalue weighted by atomic mass is 16.7. The number of methoxy groups -OCH3 is 1.